The number of nitrogens with one attached hydrogen (secondary N) is 3. The van der Waals surface area contributed by atoms with Crippen LogP contribution in [0.2, 0.25) is 0 Å². The van der Waals surface area contributed by atoms with Crippen LogP contribution in [0.4, 0.5) is 10.5 Å². The topological polar surface area (TPSA) is 103 Å². The number of benzene rings is 2. The number of hydrogen-bond donors (Lipinski definition) is 4. The van der Waals surface area contributed by atoms with Crippen LogP contribution < -0.4 is 16.1 Å². The summed E-state index contributed by atoms with van der Waals surface area (Å²) in [6.07, 6.45) is 2.29. The maximum absolute atomic E-state index is 12.0. The third-order valence-corrected chi connectivity index (χ3v) is 3.19. The van der Waals surface area contributed by atoms with Crippen molar-refractivity contribution in [3.63, 3.8) is 0 Å². The lowest BCUT2D eigenvalue weighted by molar-refractivity contribution is 0.0955. The SMILES string of the molecule is CCCNC(=O)Nc1ccc(C(=O)NN=Cc2cccc(O)c2)cc1. The van der Waals surface area contributed by atoms with Gasteiger partial charge in [-0.3, -0.25) is 4.79 Å². The number of phenolic OH excluding ortho intramolecular Hbond substituents is 1. The smallest absolute Gasteiger partial charge is 0.319 e. The number of rotatable bonds is 6. The molecule has 0 aromatic heterocycles. The summed E-state index contributed by atoms with van der Waals surface area (Å²) in [6.45, 7) is 2.57. The number of amides is 3. The standard InChI is InChI=1S/C18H20N4O3/c1-2-10-19-18(25)21-15-8-6-14(7-9-15)17(24)22-20-12-13-4-3-5-16(23)11-13/h3-9,11-12,23H,2,10H2,1H3,(H,22,24)(H2,19,21,25). The first kappa shape index (κ1) is 18.0. The number of hydrogen-bond acceptors (Lipinski definition) is 4. The van der Waals surface area contributed by atoms with Gasteiger partial charge in [0, 0.05) is 17.8 Å². The Balaban J connectivity index is 1.88. The molecule has 0 radical (unpaired) electrons. The van der Waals surface area contributed by atoms with Crippen LogP contribution >= 0.6 is 0 Å². The summed E-state index contributed by atoms with van der Waals surface area (Å²) in [5, 5.41) is 18.6. The number of nitrogens with zero attached hydrogens (tertiary/aromatic N) is 1. The quantitative estimate of drug-likeness (QED) is 0.480. The van der Waals surface area contributed by atoms with Gasteiger partial charge in [-0.1, -0.05) is 19.1 Å². The number of hydrazone groups is 1. The van der Waals surface area contributed by atoms with E-state index in [1.807, 2.05) is 6.92 Å². The van der Waals surface area contributed by atoms with E-state index in [-0.39, 0.29) is 17.7 Å². The van der Waals surface area contributed by atoms with E-state index in [9.17, 15) is 14.7 Å². The van der Waals surface area contributed by atoms with Crippen molar-refractivity contribution in [2.75, 3.05) is 11.9 Å². The van der Waals surface area contributed by atoms with Crippen LogP contribution in [-0.4, -0.2) is 29.8 Å². The van der Waals surface area contributed by atoms with E-state index in [0.29, 0.717) is 23.4 Å². The number of urea groups is 1. The largest absolute Gasteiger partial charge is 0.508 e. The highest BCUT2D eigenvalue weighted by molar-refractivity contribution is 5.96. The predicted octanol–water partition coefficient (Wildman–Crippen LogP) is 2.69. The van der Waals surface area contributed by atoms with Crippen LogP contribution in [0.1, 0.15) is 29.3 Å². The number of aromatic hydroxyl groups is 1. The van der Waals surface area contributed by atoms with Crippen LogP contribution in [0.15, 0.2) is 53.6 Å². The lowest BCUT2D eigenvalue weighted by atomic mass is 10.2. The zero-order valence-corrected chi connectivity index (χ0v) is 13.8. The zero-order chi connectivity index (χ0) is 18.1. The van der Waals surface area contributed by atoms with Crippen molar-refractivity contribution in [1.29, 1.82) is 0 Å². The highest BCUT2D eigenvalue weighted by Gasteiger charge is 2.05. The Bertz CT molecular complexity index is 757. The second-order valence-corrected chi connectivity index (χ2v) is 5.25. The fourth-order valence-corrected chi connectivity index (χ4v) is 1.95. The van der Waals surface area contributed by atoms with Crippen LogP contribution in [0.5, 0.6) is 5.75 Å². The molecule has 7 nitrogen and oxygen atoms in total. The van der Waals surface area contributed by atoms with Gasteiger partial charge in [-0.15, -0.1) is 0 Å². The zero-order valence-electron chi connectivity index (χ0n) is 13.8. The third-order valence-electron chi connectivity index (χ3n) is 3.19. The molecule has 130 valence electrons. The molecule has 0 unspecified atom stereocenters. The van der Waals surface area contributed by atoms with Crippen molar-refractivity contribution in [3.05, 3.63) is 59.7 Å². The average molecular weight is 340 g/mol. The summed E-state index contributed by atoms with van der Waals surface area (Å²) >= 11 is 0. The van der Waals surface area contributed by atoms with Crippen LogP contribution in [-0.2, 0) is 0 Å². The summed E-state index contributed by atoms with van der Waals surface area (Å²) in [5.74, 6) is -0.250. The maximum Gasteiger partial charge on any atom is 0.319 e. The Morgan fingerprint density at radius 3 is 2.60 bits per heavy atom. The Kier molecular flexibility index (Phi) is 6.53. The van der Waals surface area contributed by atoms with Gasteiger partial charge in [0.15, 0.2) is 0 Å². The minimum Gasteiger partial charge on any atom is -0.508 e. The van der Waals surface area contributed by atoms with Crippen LogP contribution in [0.3, 0.4) is 0 Å². The summed E-state index contributed by atoms with van der Waals surface area (Å²) in [4.78, 5) is 23.6. The van der Waals surface area contributed by atoms with E-state index < -0.39 is 0 Å². The van der Waals surface area contributed by atoms with Crippen LogP contribution in [0.25, 0.3) is 0 Å². The molecule has 7 heteroatoms. The molecule has 25 heavy (non-hydrogen) atoms. The van der Waals surface area contributed by atoms with Gasteiger partial charge >= 0.3 is 6.03 Å². The molecule has 4 N–H and O–H groups in total. The van der Waals surface area contributed by atoms with Gasteiger partial charge in [-0.25, -0.2) is 10.2 Å². The summed E-state index contributed by atoms with van der Waals surface area (Å²) in [5.41, 5.74) is 4.07. The summed E-state index contributed by atoms with van der Waals surface area (Å²) in [7, 11) is 0. The Morgan fingerprint density at radius 1 is 1.16 bits per heavy atom. The van der Waals surface area contributed by atoms with E-state index in [1.165, 1.54) is 12.3 Å². The molecule has 0 aliphatic carbocycles. The second-order valence-electron chi connectivity index (χ2n) is 5.25. The lowest BCUT2D eigenvalue weighted by Gasteiger charge is -2.07. The Labute approximate surface area is 145 Å². The molecule has 3 amide bonds. The van der Waals surface area contributed by atoms with Gasteiger partial charge in [0.05, 0.1) is 6.21 Å². The predicted molar refractivity (Wildman–Crippen MR) is 96.9 cm³/mol. The Morgan fingerprint density at radius 2 is 1.92 bits per heavy atom. The number of carbonyl (C=O) groups excluding carboxylic acids is 2. The van der Waals surface area contributed by atoms with Crippen molar-refractivity contribution in [2.45, 2.75) is 13.3 Å². The Hall–Kier alpha value is -3.35. The van der Waals surface area contributed by atoms with Crippen molar-refractivity contribution >= 4 is 23.8 Å². The molecule has 2 rings (SSSR count). The minimum absolute atomic E-state index is 0.126. The fraction of sp³-hybridized carbons (Fsp3) is 0.167. The van der Waals surface area contributed by atoms with Gasteiger partial charge in [-0.05, 0) is 48.4 Å². The number of phenols is 1. The van der Waals surface area contributed by atoms with Gasteiger partial charge < -0.3 is 15.7 Å². The molecule has 0 heterocycles. The molecule has 2 aromatic carbocycles. The second kappa shape index (κ2) is 9.07. The first-order chi connectivity index (χ1) is 12.1. The first-order valence-corrected chi connectivity index (χ1v) is 7.86. The number of anilines is 1. The summed E-state index contributed by atoms with van der Waals surface area (Å²) in [6, 6.07) is 12.7. The van der Waals surface area contributed by atoms with Gasteiger partial charge in [0.2, 0.25) is 0 Å². The van der Waals surface area contributed by atoms with E-state index in [2.05, 4.69) is 21.2 Å². The molecule has 0 saturated heterocycles. The van der Waals surface area contributed by atoms with Crippen molar-refractivity contribution < 1.29 is 14.7 Å². The highest BCUT2D eigenvalue weighted by atomic mass is 16.3. The molecule has 0 aliphatic rings. The van der Waals surface area contributed by atoms with E-state index in [1.54, 1.807) is 42.5 Å². The molecule has 0 saturated carbocycles. The maximum atomic E-state index is 12.0. The van der Waals surface area contributed by atoms with E-state index in [0.717, 1.165) is 6.42 Å². The van der Waals surface area contributed by atoms with Crippen molar-refractivity contribution in [2.24, 2.45) is 5.10 Å². The van der Waals surface area contributed by atoms with E-state index in [4.69, 9.17) is 0 Å². The lowest BCUT2D eigenvalue weighted by Crippen LogP contribution is -2.29. The minimum atomic E-state index is -0.376. The third kappa shape index (κ3) is 5.98. The average Bonchev–Trinajstić information content (AvgIpc) is 2.60. The molecular formula is C18H20N4O3. The molecule has 2 aromatic rings. The molecule has 0 atom stereocenters. The van der Waals surface area contributed by atoms with Crippen molar-refractivity contribution in [1.82, 2.24) is 10.7 Å². The molecule has 0 aliphatic heterocycles. The van der Waals surface area contributed by atoms with Gasteiger partial charge in [0.1, 0.15) is 5.75 Å². The first-order valence-electron chi connectivity index (χ1n) is 7.86. The highest BCUT2D eigenvalue weighted by Crippen LogP contribution is 2.10. The molecular weight excluding hydrogens is 320 g/mol. The van der Waals surface area contributed by atoms with Gasteiger partial charge in [-0.2, -0.15) is 5.10 Å². The molecule has 0 spiro atoms. The number of carbonyl (C=O) groups is 2. The normalized spacial score (nSPS) is 10.4. The van der Waals surface area contributed by atoms with Gasteiger partial charge in [0.25, 0.3) is 5.91 Å². The van der Waals surface area contributed by atoms with E-state index >= 15 is 0 Å². The van der Waals surface area contributed by atoms with Crippen molar-refractivity contribution in [3.8, 4) is 5.75 Å². The molecule has 0 fully saturated rings. The fourth-order valence-electron chi connectivity index (χ4n) is 1.95. The molecule has 0 bridgehead atoms. The monoisotopic (exact) mass is 340 g/mol. The van der Waals surface area contributed by atoms with Crippen LogP contribution in [0, 0.1) is 0 Å². The summed E-state index contributed by atoms with van der Waals surface area (Å²) < 4.78 is 0.